The van der Waals surface area contributed by atoms with E-state index in [1.807, 2.05) is 36.4 Å². The second-order valence-corrected chi connectivity index (χ2v) is 3.75. The predicted molar refractivity (Wildman–Crippen MR) is 68.4 cm³/mol. The first kappa shape index (κ1) is 12.7. The van der Waals surface area contributed by atoms with E-state index in [2.05, 4.69) is 0 Å². The highest BCUT2D eigenvalue weighted by Crippen LogP contribution is 2.21. The molecule has 0 aliphatic rings. The standard InChI is InChI=1S/C15H11NO3/c16-10-15(17)18-11-12-5-4-8-14(9-12)19-13-6-2-1-3-7-13/h1-9H,11H2. The maximum absolute atomic E-state index is 10.7. The van der Waals surface area contributed by atoms with Crippen molar-refractivity contribution in [1.29, 1.82) is 5.26 Å². The fraction of sp³-hybridized carbons (Fsp3) is 0.0667. The third-order valence-electron chi connectivity index (χ3n) is 2.34. The number of para-hydroxylation sites is 1. The zero-order valence-electron chi connectivity index (χ0n) is 10.1. The average molecular weight is 253 g/mol. The molecule has 0 bridgehead atoms. The predicted octanol–water partition coefficient (Wildman–Crippen LogP) is 3.05. The maximum atomic E-state index is 10.7. The Morgan fingerprint density at radius 1 is 1.05 bits per heavy atom. The summed E-state index contributed by atoms with van der Waals surface area (Å²) >= 11 is 0. The molecule has 0 N–H and O–H groups in total. The molecule has 2 rings (SSSR count). The molecule has 0 aliphatic heterocycles. The van der Waals surface area contributed by atoms with Gasteiger partial charge in [0.15, 0.2) is 6.07 Å². The van der Waals surface area contributed by atoms with Crippen LogP contribution in [0.1, 0.15) is 5.56 Å². The van der Waals surface area contributed by atoms with Gasteiger partial charge in [-0.3, -0.25) is 0 Å². The summed E-state index contributed by atoms with van der Waals surface area (Å²) in [7, 11) is 0. The van der Waals surface area contributed by atoms with Crippen LogP contribution >= 0.6 is 0 Å². The first-order valence-electron chi connectivity index (χ1n) is 5.66. The summed E-state index contributed by atoms with van der Waals surface area (Å²) in [6, 6.07) is 17.9. The van der Waals surface area contributed by atoms with Crippen LogP contribution in [0.3, 0.4) is 0 Å². The van der Waals surface area contributed by atoms with Crippen LogP contribution in [-0.4, -0.2) is 5.97 Å². The van der Waals surface area contributed by atoms with Gasteiger partial charge in [0, 0.05) is 0 Å². The number of esters is 1. The zero-order valence-corrected chi connectivity index (χ0v) is 10.1. The lowest BCUT2D eigenvalue weighted by atomic mass is 10.2. The third-order valence-corrected chi connectivity index (χ3v) is 2.34. The number of benzene rings is 2. The Labute approximate surface area is 110 Å². The second-order valence-electron chi connectivity index (χ2n) is 3.75. The van der Waals surface area contributed by atoms with E-state index in [4.69, 9.17) is 14.7 Å². The molecule has 2 aromatic rings. The molecule has 4 nitrogen and oxygen atoms in total. The summed E-state index contributed by atoms with van der Waals surface area (Å²) in [4.78, 5) is 10.7. The summed E-state index contributed by atoms with van der Waals surface area (Å²) in [6.07, 6.45) is 0. The van der Waals surface area contributed by atoms with E-state index < -0.39 is 5.97 Å². The molecule has 0 aromatic heterocycles. The largest absolute Gasteiger partial charge is 0.457 e. The van der Waals surface area contributed by atoms with Crippen molar-refractivity contribution in [2.24, 2.45) is 0 Å². The van der Waals surface area contributed by atoms with Crippen molar-refractivity contribution >= 4 is 5.97 Å². The Balaban J connectivity index is 2.03. The van der Waals surface area contributed by atoms with Crippen LogP contribution in [0.5, 0.6) is 11.5 Å². The van der Waals surface area contributed by atoms with Gasteiger partial charge in [0.25, 0.3) is 0 Å². The highest BCUT2D eigenvalue weighted by Gasteiger charge is 2.02. The van der Waals surface area contributed by atoms with Crippen LogP contribution in [0, 0.1) is 11.3 Å². The zero-order chi connectivity index (χ0) is 13.5. The van der Waals surface area contributed by atoms with E-state index in [1.54, 1.807) is 18.2 Å². The van der Waals surface area contributed by atoms with Crippen LogP contribution in [0.25, 0.3) is 0 Å². The Hall–Kier alpha value is -2.80. The molecule has 0 saturated heterocycles. The van der Waals surface area contributed by atoms with Gasteiger partial charge in [-0.05, 0) is 29.8 Å². The van der Waals surface area contributed by atoms with Crippen molar-refractivity contribution < 1.29 is 14.3 Å². The van der Waals surface area contributed by atoms with Crippen molar-refractivity contribution in [1.82, 2.24) is 0 Å². The second kappa shape index (κ2) is 6.22. The lowest BCUT2D eigenvalue weighted by molar-refractivity contribution is -0.138. The van der Waals surface area contributed by atoms with Crippen molar-refractivity contribution in [3.8, 4) is 17.6 Å². The van der Waals surface area contributed by atoms with Gasteiger partial charge in [-0.2, -0.15) is 5.26 Å². The minimum Gasteiger partial charge on any atom is -0.457 e. The molecule has 4 heteroatoms. The molecule has 0 heterocycles. The number of hydrogen-bond acceptors (Lipinski definition) is 4. The Morgan fingerprint density at radius 3 is 2.53 bits per heavy atom. The van der Waals surface area contributed by atoms with Crippen LogP contribution in [0.4, 0.5) is 0 Å². The number of nitrogens with zero attached hydrogens (tertiary/aromatic N) is 1. The molecule has 0 radical (unpaired) electrons. The van der Waals surface area contributed by atoms with Gasteiger partial charge in [-0.15, -0.1) is 0 Å². The lowest BCUT2D eigenvalue weighted by Gasteiger charge is -2.07. The number of carbonyl (C=O) groups is 1. The summed E-state index contributed by atoms with van der Waals surface area (Å²) in [5.74, 6) is 0.486. The van der Waals surface area contributed by atoms with E-state index in [0.717, 1.165) is 11.3 Å². The third kappa shape index (κ3) is 3.86. The molecule has 0 atom stereocenters. The fourth-order valence-electron chi connectivity index (χ4n) is 1.50. The first-order chi connectivity index (χ1) is 9.28. The average Bonchev–Trinajstić information content (AvgIpc) is 2.46. The SMILES string of the molecule is N#CC(=O)OCc1cccc(Oc2ccccc2)c1. The van der Waals surface area contributed by atoms with E-state index in [9.17, 15) is 4.79 Å². The summed E-state index contributed by atoms with van der Waals surface area (Å²) < 4.78 is 10.4. The van der Waals surface area contributed by atoms with Gasteiger partial charge in [0.2, 0.25) is 0 Å². The first-order valence-corrected chi connectivity index (χ1v) is 5.66. The molecule has 94 valence electrons. The molecule has 0 saturated carbocycles. The Morgan fingerprint density at radius 2 is 1.79 bits per heavy atom. The van der Waals surface area contributed by atoms with Crippen LogP contribution in [0.15, 0.2) is 54.6 Å². The van der Waals surface area contributed by atoms with Crippen molar-refractivity contribution in [3.63, 3.8) is 0 Å². The highest BCUT2D eigenvalue weighted by atomic mass is 16.5. The van der Waals surface area contributed by atoms with Crippen molar-refractivity contribution in [2.75, 3.05) is 0 Å². The molecule has 0 amide bonds. The topological polar surface area (TPSA) is 59.3 Å². The molecule has 0 spiro atoms. The van der Waals surface area contributed by atoms with E-state index in [1.165, 1.54) is 6.07 Å². The van der Waals surface area contributed by atoms with E-state index in [0.29, 0.717) is 5.75 Å². The number of rotatable bonds is 4. The highest BCUT2D eigenvalue weighted by molar-refractivity contribution is 5.85. The molecule has 0 unspecified atom stereocenters. The van der Waals surface area contributed by atoms with Crippen LogP contribution in [0.2, 0.25) is 0 Å². The molecule has 19 heavy (non-hydrogen) atoms. The van der Waals surface area contributed by atoms with Crippen molar-refractivity contribution in [3.05, 3.63) is 60.2 Å². The fourth-order valence-corrected chi connectivity index (χ4v) is 1.50. The lowest BCUT2D eigenvalue weighted by Crippen LogP contribution is -2.00. The quantitative estimate of drug-likeness (QED) is 0.620. The molecule has 0 aliphatic carbocycles. The minimum atomic E-state index is -0.894. The van der Waals surface area contributed by atoms with Crippen LogP contribution in [-0.2, 0) is 16.1 Å². The Kier molecular flexibility index (Phi) is 4.14. The Bertz CT molecular complexity index is 602. The normalized spacial score (nSPS) is 9.42. The summed E-state index contributed by atoms with van der Waals surface area (Å²) in [6.45, 7) is 0.0540. The monoisotopic (exact) mass is 253 g/mol. The van der Waals surface area contributed by atoms with Gasteiger partial charge < -0.3 is 9.47 Å². The maximum Gasteiger partial charge on any atom is 0.411 e. The van der Waals surface area contributed by atoms with Crippen LogP contribution < -0.4 is 4.74 Å². The van der Waals surface area contributed by atoms with Gasteiger partial charge in [-0.1, -0.05) is 30.3 Å². The van der Waals surface area contributed by atoms with Gasteiger partial charge in [0.1, 0.15) is 18.1 Å². The molecular formula is C15H11NO3. The number of hydrogen-bond donors (Lipinski definition) is 0. The number of carbonyl (C=O) groups excluding carboxylic acids is 1. The smallest absolute Gasteiger partial charge is 0.411 e. The molecular weight excluding hydrogens is 242 g/mol. The minimum absolute atomic E-state index is 0.0540. The summed E-state index contributed by atoms with van der Waals surface area (Å²) in [5.41, 5.74) is 0.761. The van der Waals surface area contributed by atoms with E-state index >= 15 is 0 Å². The molecule has 0 fully saturated rings. The molecule has 2 aromatic carbocycles. The number of nitriles is 1. The van der Waals surface area contributed by atoms with Gasteiger partial charge >= 0.3 is 5.97 Å². The van der Waals surface area contributed by atoms with Crippen molar-refractivity contribution in [2.45, 2.75) is 6.61 Å². The summed E-state index contributed by atoms with van der Waals surface area (Å²) in [5, 5.41) is 8.31. The number of ether oxygens (including phenoxy) is 2. The van der Waals surface area contributed by atoms with Gasteiger partial charge in [0.05, 0.1) is 0 Å². The van der Waals surface area contributed by atoms with Gasteiger partial charge in [-0.25, -0.2) is 4.79 Å². The van der Waals surface area contributed by atoms with E-state index in [-0.39, 0.29) is 6.61 Å².